The average Bonchev–Trinajstić information content (AvgIpc) is 3.24. The van der Waals surface area contributed by atoms with Gasteiger partial charge in [0.15, 0.2) is 0 Å². The molecule has 0 bridgehead atoms. The number of rotatable bonds is 52. The zero-order chi connectivity index (χ0) is 42.6. The summed E-state index contributed by atoms with van der Waals surface area (Å²) in [5.74, 6) is -0.191. The lowest BCUT2D eigenvalue weighted by molar-refractivity contribution is -0.154. The van der Waals surface area contributed by atoms with E-state index in [4.69, 9.17) is 9.47 Å². The summed E-state index contributed by atoms with van der Waals surface area (Å²) >= 11 is 0. The summed E-state index contributed by atoms with van der Waals surface area (Å²) in [6.45, 7) is 5.41. The van der Waals surface area contributed by atoms with Gasteiger partial charge >= 0.3 is 5.97 Å². The molecule has 0 rings (SSSR count). The van der Waals surface area contributed by atoms with Gasteiger partial charge in [-0.25, -0.2) is 0 Å². The molecular formula is C55H108O4. The molecule has 0 heterocycles. The van der Waals surface area contributed by atoms with Crippen molar-refractivity contribution in [3.8, 4) is 0 Å². The Morgan fingerprint density at radius 3 is 0.966 bits per heavy atom. The van der Waals surface area contributed by atoms with Crippen molar-refractivity contribution < 1.29 is 19.4 Å². The lowest BCUT2D eigenvalue weighted by atomic mass is 10.0. The van der Waals surface area contributed by atoms with E-state index in [1.165, 1.54) is 270 Å². The Morgan fingerprint density at radius 2 is 0.661 bits per heavy atom. The number of esters is 1. The van der Waals surface area contributed by atoms with Gasteiger partial charge in [0.2, 0.25) is 0 Å². The van der Waals surface area contributed by atoms with Crippen molar-refractivity contribution in [2.24, 2.45) is 0 Å². The molecule has 1 unspecified atom stereocenters. The molecule has 0 aromatic heterocycles. The third-order valence-electron chi connectivity index (χ3n) is 12.6. The highest BCUT2D eigenvalue weighted by Gasteiger charge is 2.13. The first kappa shape index (κ1) is 58.1. The second-order valence-electron chi connectivity index (χ2n) is 18.7. The van der Waals surface area contributed by atoms with Crippen LogP contribution in [0.15, 0.2) is 12.2 Å². The van der Waals surface area contributed by atoms with E-state index in [-0.39, 0.29) is 12.6 Å². The van der Waals surface area contributed by atoms with E-state index in [1.54, 1.807) is 0 Å². The Labute approximate surface area is 371 Å². The van der Waals surface area contributed by atoms with Crippen LogP contribution in [0.4, 0.5) is 0 Å². The minimum Gasteiger partial charge on any atom is -0.457 e. The van der Waals surface area contributed by atoms with Gasteiger partial charge in [-0.05, 0) is 38.5 Å². The highest BCUT2D eigenvalue weighted by molar-refractivity contribution is 5.69. The number of aliphatic hydroxyl groups excluding tert-OH is 1. The van der Waals surface area contributed by atoms with Crippen LogP contribution in [-0.2, 0) is 14.3 Å². The van der Waals surface area contributed by atoms with Gasteiger partial charge in [-0.2, -0.15) is 0 Å². The maximum atomic E-state index is 12.3. The van der Waals surface area contributed by atoms with Crippen molar-refractivity contribution in [1.82, 2.24) is 0 Å². The zero-order valence-corrected chi connectivity index (χ0v) is 40.6. The summed E-state index contributed by atoms with van der Waals surface area (Å²) in [5.41, 5.74) is 0. The molecule has 0 amide bonds. The Hall–Kier alpha value is -0.870. The monoisotopic (exact) mass is 833 g/mol. The normalized spacial score (nSPS) is 12.3. The molecule has 1 atom stereocenters. The van der Waals surface area contributed by atoms with E-state index in [2.05, 4.69) is 26.0 Å². The van der Waals surface area contributed by atoms with Crippen molar-refractivity contribution >= 4 is 5.97 Å². The molecule has 4 nitrogen and oxygen atoms in total. The minimum absolute atomic E-state index is 0.164. The van der Waals surface area contributed by atoms with Crippen LogP contribution in [0, 0.1) is 0 Å². The molecule has 0 aliphatic heterocycles. The smallest absolute Gasteiger partial charge is 0.306 e. The van der Waals surface area contributed by atoms with Gasteiger partial charge in [-0.1, -0.05) is 276 Å². The summed E-state index contributed by atoms with van der Waals surface area (Å²) in [5, 5.41) is 9.66. The van der Waals surface area contributed by atoms with Gasteiger partial charge in [0.25, 0.3) is 0 Å². The fourth-order valence-electron chi connectivity index (χ4n) is 8.50. The fourth-order valence-corrected chi connectivity index (χ4v) is 8.50. The predicted octanol–water partition coefficient (Wildman–Crippen LogP) is 18.4. The molecule has 352 valence electrons. The second-order valence-corrected chi connectivity index (χ2v) is 18.7. The first-order valence-corrected chi connectivity index (χ1v) is 27.3. The largest absolute Gasteiger partial charge is 0.457 e. The summed E-state index contributed by atoms with van der Waals surface area (Å²) in [4.78, 5) is 12.3. The predicted molar refractivity (Wildman–Crippen MR) is 261 cm³/mol. The van der Waals surface area contributed by atoms with Crippen molar-refractivity contribution in [3.05, 3.63) is 12.2 Å². The molecule has 0 fully saturated rings. The van der Waals surface area contributed by atoms with Crippen molar-refractivity contribution in [2.75, 3.05) is 19.8 Å². The van der Waals surface area contributed by atoms with Gasteiger partial charge in [-0.3, -0.25) is 4.79 Å². The van der Waals surface area contributed by atoms with Crippen LogP contribution in [0.3, 0.4) is 0 Å². The van der Waals surface area contributed by atoms with Gasteiger partial charge in [0, 0.05) is 13.0 Å². The van der Waals surface area contributed by atoms with E-state index < -0.39 is 6.10 Å². The van der Waals surface area contributed by atoms with E-state index in [0.29, 0.717) is 19.6 Å². The number of allylic oxidation sites excluding steroid dienone is 2. The highest BCUT2D eigenvalue weighted by Crippen LogP contribution is 2.17. The number of hydrogen-bond donors (Lipinski definition) is 1. The first-order valence-electron chi connectivity index (χ1n) is 27.3. The van der Waals surface area contributed by atoms with Crippen LogP contribution in [0.1, 0.15) is 309 Å². The Kier molecular flexibility index (Phi) is 52.5. The van der Waals surface area contributed by atoms with Gasteiger partial charge < -0.3 is 14.6 Å². The molecule has 0 saturated carbocycles. The SMILES string of the molecule is CCCCCCCCCC/C=C\CCCCCCCCCCCCCCCCOCC(CO)OC(=O)CCCCCCCCCCCCCCCCCCCCCCC. The van der Waals surface area contributed by atoms with Gasteiger partial charge in [0.05, 0.1) is 13.2 Å². The molecule has 0 aliphatic rings. The summed E-state index contributed by atoms with van der Waals surface area (Å²) < 4.78 is 11.2. The average molecular weight is 833 g/mol. The molecule has 0 aromatic carbocycles. The van der Waals surface area contributed by atoms with Crippen LogP contribution in [0.5, 0.6) is 0 Å². The Balaban J connectivity index is 3.33. The summed E-state index contributed by atoms with van der Waals surface area (Å²) in [6.07, 6.45) is 66.1. The summed E-state index contributed by atoms with van der Waals surface area (Å²) in [6, 6.07) is 0. The molecule has 0 radical (unpaired) electrons. The van der Waals surface area contributed by atoms with Gasteiger partial charge in [-0.15, -0.1) is 0 Å². The third-order valence-corrected chi connectivity index (χ3v) is 12.6. The molecule has 0 spiro atoms. The first-order chi connectivity index (χ1) is 29.2. The molecule has 0 aromatic rings. The Morgan fingerprint density at radius 1 is 0.390 bits per heavy atom. The number of carbonyl (C=O) groups excluding carboxylic acids is 1. The van der Waals surface area contributed by atoms with Gasteiger partial charge in [0.1, 0.15) is 6.10 Å². The number of ether oxygens (including phenoxy) is 2. The molecule has 59 heavy (non-hydrogen) atoms. The number of aliphatic hydroxyl groups is 1. The fraction of sp³-hybridized carbons (Fsp3) is 0.945. The molecule has 0 saturated heterocycles. The van der Waals surface area contributed by atoms with E-state index >= 15 is 0 Å². The summed E-state index contributed by atoms with van der Waals surface area (Å²) in [7, 11) is 0. The topological polar surface area (TPSA) is 55.8 Å². The maximum Gasteiger partial charge on any atom is 0.306 e. The quantitative estimate of drug-likeness (QED) is 0.0377. The molecular weight excluding hydrogens is 725 g/mol. The van der Waals surface area contributed by atoms with Crippen molar-refractivity contribution in [1.29, 1.82) is 0 Å². The number of unbranched alkanes of at least 4 members (excludes halogenated alkanes) is 42. The maximum absolute atomic E-state index is 12.3. The highest BCUT2D eigenvalue weighted by atomic mass is 16.6. The molecule has 0 aliphatic carbocycles. The number of hydrogen-bond acceptors (Lipinski definition) is 4. The molecule has 4 heteroatoms. The minimum atomic E-state index is -0.529. The lowest BCUT2D eigenvalue weighted by Crippen LogP contribution is -2.27. The van der Waals surface area contributed by atoms with Crippen molar-refractivity contribution in [3.63, 3.8) is 0 Å². The lowest BCUT2D eigenvalue weighted by Gasteiger charge is -2.16. The van der Waals surface area contributed by atoms with E-state index in [9.17, 15) is 9.90 Å². The van der Waals surface area contributed by atoms with E-state index in [1.807, 2.05) is 0 Å². The number of carbonyl (C=O) groups is 1. The van der Waals surface area contributed by atoms with Crippen molar-refractivity contribution in [2.45, 2.75) is 315 Å². The molecule has 1 N–H and O–H groups in total. The second kappa shape index (κ2) is 53.3. The van der Waals surface area contributed by atoms with Crippen LogP contribution in [-0.4, -0.2) is 37.0 Å². The third kappa shape index (κ3) is 51.4. The standard InChI is InChI=1S/C55H108O4/c1-3-5-7-9-11-13-15-17-19-21-23-25-26-27-28-29-31-33-35-37-39-41-43-45-47-49-51-58-53-54(52-56)59-55(57)50-48-46-44-42-40-38-36-34-32-30-24-22-20-18-16-14-12-10-8-6-4-2/h21,23,54,56H,3-20,22,24-53H2,1-2H3/b23-21-. The van der Waals surface area contributed by atoms with Crippen LogP contribution < -0.4 is 0 Å². The zero-order valence-electron chi connectivity index (χ0n) is 40.6. The van der Waals surface area contributed by atoms with E-state index in [0.717, 1.165) is 19.3 Å². The van der Waals surface area contributed by atoms with Crippen LogP contribution in [0.2, 0.25) is 0 Å². The van der Waals surface area contributed by atoms with Crippen LogP contribution >= 0.6 is 0 Å². The van der Waals surface area contributed by atoms with Crippen LogP contribution in [0.25, 0.3) is 0 Å². The Bertz CT molecular complexity index is 796.